The third-order valence-electron chi connectivity index (χ3n) is 4.91. The number of carbonyl (C=O) groups is 1. The van der Waals surface area contributed by atoms with Crippen molar-refractivity contribution in [2.75, 3.05) is 12.3 Å². The van der Waals surface area contributed by atoms with Gasteiger partial charge in [-0.1, -0.05) is 59.2 Å². The van der Waals surface area contributed by atoms with Gasteiger partial charge < -0.3 is 20.0 Å². The molecule has 0 aliphatic rings. The summed E-state index contributed by atoms with van der Waals surface area (Å²) in [6.45, 7) is 0.529. The van der Waals surface area contributed by atoms with Crippen molar-refractivity contribution in [1.29, 1.82) is 0 Å². The Kier molecular flexibility index (Phi) is 6.38. The lowest BCUT2D eigenvalue weighted by molar-refractivity contribution is 0.0954. The van der Waals surface area contributed by atoms with E-state index in [4.69, 9.17) is 26.3 Å². The second-order valence-electron chi connectivity index (χ2n) is 7.14. The molecule has 4 aromatic rings. The number of nitrogens with one attached hydrogen (secondary N) is 1. The summed E-state index contributed by atoms with van der Waals surface area (Å²) < 4.78 is 11.0. The average Bonchev–Trinajstić information content (AvgIpc) is 3.41. The van der Waals surface area contributed by atoms with E-state index in [1.807, 2.05) is 30.3 Å². The van der Waals surface area contributed by atoms with Crippen LogP contribution in [0.4, 0.5) is 5.88 Å². The van der Waals surface area contributed by atoms with Gasteiger partial charge in [0.25, 0.3) is 5.91 Å². The fourth-order valence-electron chi connectivity index (χ4n) is 3.34. The lowest BCUT2D eigenvalue weighted by Crippen LogP contribution is -2.25. The summed E-state index contributed by atoms with van der Waals surface area (Å²) in [5, 5.41) is 7.43. The Balaban J connectivity index is 1.40. The molecule has 0 spiro atoms. The summed E-state index contributed by atoms with van der Waals surface area (Å²) in [6.07, 6.45) is 2.79. The molecule has 31 heavy (non-hydrogen) atoms. The van der Waals surface area contributed by atoms with Crippen LogP contribution in [0.2, 0.25) is 5.02 Å². The molecule has 6 nitrogen and oxygen atoms in total. The van der Waals surface area contributed by atoms with Crippen LogP contribution in [0, 0.1) is 0 Å². The van der Waals surface area contributed by atoms with E-state index in [2.05, 4.69) is 22.6 Å². The molecule has 0 fully saturated rings. The smallest absolute Gasteiger partial charge is 0.259 e. The van der Waals surface area contributed by atoms with Crippen molar-refractivity contribution in [2.45, 2.75) is 19.3 Å². The fourth-order valence-corrected chi connectivity index (χ4v) is 3.53. The maximum absolute atomic E-state index is 12.7. The Labute approximate surface area is 185 Å². The number of benzene rings is 2. The molecular weight excluding hydrogens is 414 g/mol. The third kappa shape index (κ3) is 4.98. The molecule has 0 saturated carbocycles. The van der Waals surface area contributed by atoms with Crippen molar-refractivity contribution in [1.82, 2.24) is 10.5 Å². The van der Waals surface area contributed by atoms with Crippen molar-refractivity contribution >= 4 is 23.4 Å². The lowest BCUT2D eigenvalue weighted by atomic mass is 10.1. The first-order valence-electron chi connectivity index (χ1n) is 10.1. The van der Waals surface area contributed by atoms with Crippen LogP contribution < -0.4 is 11.1 Å². The molecule has 0 saturated heterocycles. The number of rotatable bonds is 8. The number of aromatic nitrogens is 1. The molecule has 0 unspecified atom stereocenters. The Hall–Kier alpha value is -3.51. The SMILES string of the molecule is Nc1onc(-c2ccc(-c3cccc(Cl)c3)o2)c1C(=O)NCCCCc1ccccc1. The molecule has 2 aromatic heterocycles. The molecule has 7 heteroatoms. The van der Waals surface area contributed by atoms with E-state index in [1.54, 1.807) is 24.3 Å². The topological polar surface area (TPSA) is 94.3 Å². The molecule has 2 aromatic carbocycles. The van der Waals surface area contributed by atoms with E-state index in [9.17, 15) is 4.79 Å². The minimum Gasteiger partial charge on any atom is -0.454 e. The zero-order chi connectivity index (χ0) is 21.6. The number of nitrogen functional groups attached to an aromatic ring is 1. The van der Waals surface area contributed by atoms with Crippen molar-refractivity contribution in [3.8, 4) is 22.8 Å². The maximum Gasteiger partial charge on any atom is 0.259 e. The van der Waals surface area contributed by atoms with Gasteiger partial charge in [0.1, 0.15) is 11.3 Å². The van der Waals surface area contributed by atoms with Crippen LogP contribution in [0.3, 0.4) is 0 Å². The van der Waals surface area contributed by atoms with Gasteiger partial charge in [-0.2, -0.15) is 0 Å². The fraction of sp³-hybridized carbons (Fsp3) is 0.167. The summed E-state index contributed by atoms with van der Waals surface area (Å²) in [6, 6.07) is 21.1. The Morgan fingerprint density at radius 2 is 1.81 bits per heavy atom. The summed E-state index contributed by atoms with van der Waals surface area (Å²) in [5.74, 6) is 0.614. The number of unbranched alkanes of at least 4 members (excludes halogenated alkanes) is 1. The number of halogens is 1. The van der Waals surface area contributed by atoms with E-state index in [-0.39, 0.29) is 23.0 Å². The van der Waals surface area contributed by atoms with Gasteiger partial charge in [0.05, 0.1) is 0 Å². The predicted octanol–water partition coefficient (Wildman–Crippen LogP) is 5.59. The Morgan fingerprint density at radius 1 is 1.00 bits per heavy atom. The first-order chi connectivity index (χ1) is 15.1. The second kappa shape index (κ2) is 9.53. The van der Waals surface area contributed by atoms with Gasteiger partial charge in [0.15, 0.2) is 11.5 Å². The average molecular weight is 436 g/mol. The molecule has 1 amide bonds. The molecule has 158 valence electrons. The highest BCUT2D eigenvalue weighted by molar-refractivity contribution is 6.30. The summed E-state index contributed by atoms with van der Waals surface area (Å²) >= 11 is 6.06. The number of hydrogen-bond donors (Lipinski definition) is 2. The van der Waals surface area contributed by atoms with Crippen molar-refractivity contribution in [3.05, 3.63) is 82.9 Å². The molecule has 3 N–H and O–H groups in total. The van der Waals surface area contributed by atoms with Gasteiger partial charge in [-0.15, -0.1) is 0 Å². The van der Waals surface area contributed by atoms with Crippen LogP contribution >= 0.6 is 11.6 Å². The number of hydrogen-bond acceptors (Lipinski definition) is 5. The minimum atomic E-state index is -0.339. The highest BCUT2D eigenvalue weighted by atomic mass is 35.5. The minimum absolute atomic E-state index is 0.0440. The van der Waals surface area contributed by atoms with Gasteiger partial charge in [-0.25, -0.2) is 0 Å². The molecule has 0 aliphatic carbocycles. The van der Waals surface area contributed by atoms with E-state index in [1.165, 1.54) is 5.56 Å². The second-order valence-corrected chi connectivity index (χ2v) is 7.58. The van der Waals surface area contributed by atoms with E-state index in [0.717, 1.165) is 24.8 Å². The van der Waals surface area contributed by atoms with Crippen molar-refractivity contribution < 1.29 is 13.7 Å². The lowest BCUT2D eigenvalue weighted by Gasteiger charge is -2.05. The highest BCUT2D eigenvalue weighted by Gasteiger charge is 2.24. The van der Waals surface area contributed by atoms with Crippen LogP contribution in [0.5, 0.6) is 0 Å². The normalized spacial score (nSPS) is 10.9. The predicted molar refractivity (Wildman–Crippen MR) is 121 cm³/mol. The first kappa shape index (κ1) is 20.8. The monoisotopic (exact) mass is 435 g/mol. The Bertz CT molecular complexity index is 1170. The number of anilines is 1. The Morgan fingerprint density at radius 3 is 2.61 bits per heavy atom. The quantitative estimate of drug-likeness (QED) is 0.352. The van der Waals surface area contributed by atoms with Crippen molar-refractivity contribution in [2.24, 2.45) is 0 Å². The molecule has 0 radical (unpaired) electrons. The van der Waals surface area contributed by atoms with Gasteiger partial charge in [-0.3, -0.25) is 4.79 Å². The number of aryl methyl sites for hydroxylation is 1. The van der Waals surface area contributed by atoms with Crippen LogP contribution in [0.1, 0.15) is 28.8 Å². The van der Waals surface area contributed by atoms with Crippen LogP contribution in [-0.4, -0.2) is 17.6 Å². The van der Waals surface area contributed by atoms with Crippen LogP contribution in [-0.2, 0) is 6.42 Å². The number of nitrogens with two attached hydrogens (primary N) is 1. The zero-order valence-corrected chi connectivity index (χ0v) is 17.6. The van der Waals surface area contributed by atoms with Gasteiger partial charge in [0.2, 0.25) is 5.88 Å². The van der Waals surface area contributed by atoms with Crippen molar-refractivity contribution in [3.63, 3.8) is 0 Å². The molecule has 4 rings (SSSR count). The summed E-state index contributed by atoms with van der Waals surface area (Å²) in [7, 11) is 0. The van der Waals surface area contributed by atoms with E-state index in [0.29, 0.717) is 23.1 Å². The molecule has 0 atom stereocenters. The molecule has 2 heterocycles. The van der Waals surface area contributed by atoms with E-state index < -0.39 is 0 Å². The number of carbonyl (C=O) groups excluding carboxylic acids is 1. The van der Waals surface area contributed by atoms with E-state index >= 15 is 0 Å². The van der Waals surface area contributed by atoms with Gasteiger partial charge in [0, 0.05) is 17.1 Å². The van der Waals surface area contributed by atoms with Crippen LogP contribution in [0.15, 0.2) is 75.7 Å². The number of nitrogens with zero attached hydrogens (tertiary/aromatic N) is 1. The number of furan rings is 1. The molecular formula is C24H22ClN3O3. The standard InChI is InChI=1S/C24H22ClN3O3/c25-18-11-6-10-17(15-18)19-12-13-20(30-19)22-21(23(26)31-28-22)24(29)27-14-5-4-9-16-7-2-1-3-8-16/h1-3,6-8,10-13,15H,4-5,9,14,26H2,(H,27,29). The highest BCUT2D eigenvalue weighted by Crippen LogP contribution is 2.32. The largest absolute Gasteiger partial charge is 0.454 e. The number of amides is 1. The summed E-state index contributed by atoms with van der Waals surface area (Å²) in [5.41, 5.74) is 8.43. The maximum atomic E-state index is 12.7. The molecule has 0 bridgehead atoms. The first-order valence-corrected chi connectivity index (χ1v) is 10.4. The summed E-state index contributed by atoms with van der Waals surface area (Å²) in [4.78, 5) is 12.7. The third-order valence-corrected chi connectivity index (χ3v) is 5.15. The zero-order valence-electron chi connectivity index (χ0n) is 16.8. The van der Waals surface area contributed by atoms with Crippen LogP contribution in [0.25, 0.3) is 22.8 Å². The molecule has 0 aliphatic heterocycles. The van der Waals surface area contributed by atoms with Gasteiger partial charge in [-0.05, 0) is 49.1 Å². The van der Waals surface area contributed by atoms with Gasteiger partial charge >= 0.3 is 0 Å².